The van der Waals surface area contributed by atoms with E-state index in [1.807, 2.05) is 26.0 Å². The summed E-state index contributed by atoms with van der Waals surface area (Å²) in [5.41, 5.74) is 3.23. The van der Waals surface area contributed by atoms with E-state index in [4.69, 9.17) is 9.15 Å². The molecule has 1 N–H and O–H groups in total. The molecule has 6 nitrogen and oxygen atoms in total. The lowest BCUT2D eigenvalue weighted by Gasteiger charge is -2.10. The van der Waals surface area contributed by atoms with Crippen molar-refractivity contribution >= 4 is 16.9 Å². The molecule has 0 amide bonds. The van der Waals surface area contributed by atoms with Crippen molar-refractivity contribution in [3.8, 4) is 22.8 Å². The number of aromatic hydroxyl groups is 1. The Morgan fingerprint density at radius 3 is 2.69 bits per heavy atom. The number of ether oxygens (including phenoxy) is 1. The van der Waals surface area contributed by atoms with Gasteiger partial charge in [-0.25, -0.2) is 0 Å². The number of phenols is 1. The molecule has 0 aliphatic rings. The molecular weight excluding hydrogens is 334 g/mol. The number of aryl methyl sites for hydroxylation is 2. The number of carbonyl (C=O) groups excluding carboxylic acids is 1. The van der Waals surface area contributed by atoms with Crippen LogP contribution in [0.3, 0.4) is 0 Å². The van der Waals surface area contributed by atoms with Crippen LogP contribution >= 0.6 is 0 Å². The standard InChI is InChI=1S/C20H19NO5/c1-11-6-12(2)20-14(7-11)15(21-10-19(23)24)9-17(26-20)13-4-5-16(22)18(8-13)25-3/h4-9,22H,10H2,1-3H3,(H,23,24)/p-1. The number of aliphatic carboxylic acids is 1. The zero-order chi connectivity index (χ0) is 18.8. The topological polar surface area (TPSA) is 95.1 Å². The minimum absolute atomic E-state index is 0.0192. The van der Waals surface area contributed by atoms with Crippen LogP contribution in [0.4, 0.5) is 0 Å². The van der Waals surface area contributed by atoms with Crippen molar-refractivity contribution in [2.24, 2.45) is 4.99 Å². The SMILES string of the molecule is COc1cc(-c2cc(=NCC(=O)[O-])c3cc(C)cc(C)c3o2)ccc1O. The fourth-order valence-corrected chi connectivity index (χ4v) is 2.88. The minimum Gasteiger partial charge on any atom is -0.548 e. The number of carboxylic acid groups (broad SMARTS) is 1. The second-order valence-electron chi connectivity index (χ2n) is 6.03. The Kier molecular flexibility index (Phi) is 4.67. The lowest BCUT2D eigenvalue weighted by molar-refractivity contribution is -0.303. The number of hydrogen-bond acceptors (Lipinski definition) is 6. The summed E-state index contributed by atoms with van der Waals surface area (Å²) in [7, 11) is 1.46. The first-order chi connectivity index (χ1) is 12.4. The van der Waals surface area contributed by atoms with Gasteiger partial charge >= 0.3 is 0 Å². The van der Waals surface area contributed by atoms with Crippen molar-refractivity contribution < 1.29 is 24.2 Å². The van der Waals surface area contributed by atoms with E-state index >= 15 is 0 Å². The zero-order valence-electron chi connectivity index (χ0n) is 14.7. The fourth-order valence-electron chi connectivity index (χ4n) is 2.88. The van der Waals surface area contributed by atoms with Crippen LogP contribution < -0.4 is 15.2 Å². The number of methoxy groups -OCH3 is 1. The molecule has 0 aliphatic carbocycles. The summed E-state index contributed by atoms with van der Waals surface area (Å²) in [4.78, 5) is 15.0. The first-order valence-corrected chi connectivity index (χ1v) is 8.02. The summed E-state index contributed by atoms with van der Waals surface area (Å²) >= 11 is 0. The number of carboxylic acids is 1. The van der Waals surface area contributed by atoms with Crippen molar-refractivity contribution in [2.45, 2.75) is 13.8 Å². The number of carbonyl (C=O) groups is 1. The van der Waals surface area contributed by atoms with Crippen molar-refractivity contribution in [3.05, 3.63) is 52.9 Å². The van der Waals surface area contributed by atoms with E-state index < -0.39 is 12.5 Å². The molecule has 3 rings (SSSR count). The molecule has 6 heteroatoms. The van der Waals surface area contributed by atoms with Gasteiger partial charge in [-0.3, -0.25) is 4.99 Å². The maximum absolute atomic E-state index is 10.8. The molecule has 2 aromatic carbocycles. The third-order valence-corrected chi connectivity index (χ3v) is 4.02. The van der Waals surface area contributed by atoms with E-state index in [0.29, 0.717) is 28.0 Å². The van der Waals surface area contributed by atoms with Crippen LogP contribution in [-0.2, 0) is 4.79 Å². The second-order valence-corrected chi connectivity index (χ2v) is 6.03. The number of hydrogen-bond donors (Lipinski definition) is 1. The minimum atomic E-state index is -1.25. The third-order valence-electron chi connectivity index (χ3n) is 4.02. The lowest BCUT2D eigenvalue weighted by Crippen LogP contribution is -2.26. The summed E-state index contributed by atoms with van der Waals surface area (Å²) in [6.07, 6.45) is 0. The highest BCUT2D eigenvalue weighted by molar-refractivity contribution is 5.82. The largest absolute Gasteiger partial charge is 0.548 e. The van der Waals surface area contributed by atoms with E-state index in [-0.39, 0.29) is 5.75 Å². The normalized spacial score (nSPS) is 11.7. The Hall–Kier alpha value is -3.28. The van der Waals surface area contributed by atoms with Crippen LogP contribution in [-0.4, -0.2) is 24.7 Å². The highest BCUT2D eigenvalue weighted by atomic mass is 16.5. The van der Waals surface area contributed by atoms with E-state index in [1.165, 1.54) is 13.2 Å². The maximum atomic E-state index is 10.8. The molecule has 1 heterocycles. The molecule has 0 saturated carbocycles. The fraction of sp³-hybridized carbons (Fsp3) is 0.200. The summed E-state index contributed by atoms with van der Waals surface area (Å²) in [6, 6.07) is 10.4. The van der Waals surface area contributed by atoms with Gasteiger partial charge in [-0.2, -0.15) is 0 Å². The number of fused-ring (bicyclic) bond motifs is 1. The van der Waals surface area contributed by atoms with Gasteiger partial charge in [0.15, 0.2) is 11.5 Å². The Labute approximate surface area is 150 Å². The number of phenolic OH excluding ortho intramolecular Hbond substituents is 1. The van der Waals surface area contributed by atoms with Crippen LogP contribution in [0.2, 0.25) is 0 Å². The second kappa shape index (κ2) is 6.92. The molecule has 0 fully saturated rings. The van der Waals surface area contributed by atoms with Crippen LogP contribution in [0, 0.1) is 13.8 Å². The van der Waals surface area contributed by atoms with Gasteiger partial charge in [0.25, 0.3) is 0 Å². The molecule has 0 aliphatic heterocycles. The van der Waals surface area contributed by atoms with Gasteiger partial charge in [-0.05, 0) is 49.2 Å². The van der Waals surface area contributed by atoms with Crippen LogP contribution in [0.5, 0.6) is 11.5 Å². The number of rotatable bonds is 4. The van der Waals surface area contributed by atoms with Crippen LogP contribution in [0.15, 0.2) is 45.8 Å². The Morgan fingerprint density at radius 1 is 1.23 bits per heavy atom. The van der Waals surface area contributed by atoms with Gasteiger partial charge in [0.1, 0.15) is 11.3 Å². The average Bonchev–Trinajstić information content (AvgIpc) is 2.60. The zero-order valence-corrected chi connectivity index (χ0v) is 14.7. The quantitative estimate of drug-likeness (QED) is 0.776. The third kappa shape index (κ3) is 3.39. The molecule has 0 unspecified atom stereocenters. The first kappa shape index (κ1) is 17.5. The Morgan fingerprint density at radius 2 is 2.00 bits per heavy atom. The molecule has 134 valence electrons. The van der Waals surface area contributed by atoms with Crippen molar-refractivity contribution in [1.82, 2.24) is 0 Å². The summed E-state index contributed by atoms with van der Waals surface area (Å²) in [6.45, 7) is 3.43. The van der Waals surface area contributed by atoms with Gasteiger partial charge in [0.05, 0.1) is 25.0 Å². The molecule has 1 aromatic heterocycles. The molecule has 0 saturated heterocycles. The van der Waals surface area contributed by atoms with E-state index in [9.17, 15) is 15.0 Å². The maximum Gasteiger partial charge on any atom is 0.161 e. The van der Waals surface area contributed by atoms with Crippen LogP contribution in [0.25, 0.3) is 22.3 Å². The molecule has 0 spiro atoms. The predicted molar refractivity (Wildman–Crippen MR) is 94.8 cm³/mol. The highest BCUT2D eigenvalue weighted by Gasteiger charge is 2.11. The van der Waals surface area contributed by atoms with Crippen molar-refractivity contribution in [2.75, 3.05) is 13.7 Å². The summed E-state index contributed by atoms with van der Waals surface area (Å²) in [5.74, 6) is -0.437. The molecule has 26 heavy (non-hydrogen) atoms. The van der Waals surface area contributed by atoms with Gasteiger partial charge in [-0.1, -0.05) is 6.07 Å². The van der Waals surface area contributed by atoms with Gasteiger partial charge < -0.3 is 24.2 Å². The Balaban J connectivity index is 2.31. The number of benzene rings is 2. The van der Waals surface area contributed by atoms with Crippen molar-refractivity contribution in [1.29, 1.82) is 0 Å². The molecule has 0 bridgehead atoms. The smallest absolute Gasteiger partial charge is 0.161 e. The van der Waals surface area contributed by atoms with E-state index in [0.717, 1.165) is 16.5 Å². The summed E-state index contributed by atoms with van der Waals surface area (Å²) < 4.78 is 11.2. The van der Waals surface area contributed by atoms with Gasteiger partial charge in [-0.15, -0.1) is 0 Å². The molecular formula is C20H18NO5-. The van der Waals surface area contributed by atoms with Gasteiger partial charge in [0, 0.05) is 17.0 Å². The number of nitrogens with zero attached hydrogens (tertiary/aromatic N) is 1. The van der Waals surface area contributed by atoms with E-state index in [1.54, 1.807) is 18.2 Å². The van der Waals surface area contributed by atoms with E-state index in [2.05, 4.69) is 4.99 Å². The average molecular weight is 352 g/mol. The monoisotopic (exact) mass is 352 g/mol. The first-order valence-electron chi connectivity index (χ1n) is 8.02. The Bertz CT molecular complexity index is 1070. The van der Waals surface area contributed by atoms with Crippen molar-refractivity contribution in [3.63, 3.8) is 0 Å². The predicted octanol–water partition coefficient (Wildman–Crippen LogP) is 2.08. The molecule has 0 radical (unpaired) electrons. The van der Waals surface area contributed by atoms with Gasteiger partial charge in [0.2, 0.25) is 0 Å². The molecule has 3 aromatic rings. The molecule has 0 atom stereocenters. The summed E-state index contributed by atoms with van der Waals surface area (Å²) in [5, 5.41) is 21.9. The lowest BCUT2D eigenvalue weighted by atomic mass is 10.1. The highest BCUT2D eigenvalue weighted by Crippen LogP contribution is 2.32. The van der Waals surface area contributed by atoms with Crippen LogP contribution in [0.1, 0.15) is 11.1 Å².